The van der Waals surface area contributed by atoms with Crippen molar-refractivity contribution >= 4 is 5.76 Å². The second-order valence-corrected chi connectivity index (χ2v) is 5.56. The molecule has 0 aliphatic rings. The molecule has 0 saturated heterocycles. The molecule has 0 aliphatic carbocycles. The average Bonchev–Trinajstić information content (AvgIpc) is 3.04. The Morgan fingerprint density at radius 2 is 1.75 bits per heavy atom. The van der Waals surface area contributed by atoms with Crippen LogP contribution in [0.15, 0.2) is 71.7 Å². The molecule has 0 fully saturated rings. The van der Waals surface area contributed by atoms with Crippen LogP contribution in [0.4, 0.5) is 4.39 Å². The molecule has 3 aromatic rings. The predicted molar refractivity (Wildman–Crippen MR) is 88.9 cm³/mol. The summed E-state index contributed by atoms with van der Waals surface area (Å²) in [5, 5.41) is 13.2. The highest BCUT2D eigenvalue weighted by atomic mass is 19.1. The number of hydrogen-bond acceptors (Lipinski definition) is 2. The molecular formula is C20H18FNO2. The molecule has 0 bridgehead atoms. The zero-order chi connectivity index (χ0) is 16.9. The van der Waals surface area contributed by atoms with Crippen LogP contribution in [0.1, 0.15) is 16.9 Å². The number of nitrogens with two attached hydrogens (primary N) is 1. The lowest BCUT2D eigenvalue weighted by molar-refractivity contribution is -0.687. The molecule has 24 heavy (non-hydrogen) atoms. The molecular weight excluding hydrogens is 305 g/mol. The molecule has 4 heteroatoms. The molecule has 122 valence electrons. The first-order valence-corrected chi connectivity index (χ1v) is 7.74. The lowest BCUT2D eigenvalue weighted by Gasteiger charge is -2.09. The first kappa shape index (κ1) is 16.0. The molecule has 0 atom stereocenters. The summed E-state index contributed by atoms with van der Waals surface area (Å²) in [6.07, 6.45) is 0. The molecule has 2 aromatic carbocycles. The van der Waals surface area contributed by atoms with Crippen LogP contribution < -0.4 is 10.4 Å². The Morgan fingerprint density at radius 3 is 2.46 bits per heavy atom. The first-order chi connectivity index (χ1) is 11.6. The summed E-state index contributed by atoms with van der Waals surface area (Å²) in [6, 6.07) is 17.6. The minimum Gasteiger partial charge on any atom is -0.872 e. The van der Waals surface area contributed by atoms with E-state index in [-0.39, 0.29) is 11.6 Å². The van der Waals surface area contributed by atoms with Crippen LogP contribution in [0.2, 0.25) is 0 Å². The Morgan fingerprint density at radius 1 is 1.00 bits per heavy atom. The van der Waals surface area contributed by atoms with Crippen molar-refractivity contribution in [3.63, 3.8) is 0 Å². The highest BCUT2D eigenvalue weighted by Crippen LogP contribution is 2.24. The summed E-state index contributed by atoms with van der Waals surface area (Å²) < 4.78 is 19.5. The molecule has 0 spiro atoms. The van der Waals surface area contributed by atoms with Crippen molar-refractivity contribution in [1.29, 1.82) is 0 Å². The molecule has 0 amide bonds. The van der Waals surface area contributed by atoms with E-state index in [1.807, 2.05) is 18.2 Å². The Kier molecular flexibility index (Phi) is 4.77. The Bertz CT molecular complexity index is 837. The first-order valence-electron chi connectivity index (χ1n) is 7.74. The van der Waals surface area contributed by atoms with Gasteiger partial charge in [-0.3, -0.25) is 0 Å². The number of rotatable bonds is 6. The lowest BCUT2D eigenvalue weighted by atomic mass is 10.1. The summed E-state index contributed by atoms with van der Waals surface area (Å²) in [5.41, 5.74) is 2.19. The Balaban J connectivity index is 1.58. The fraction of sp³-hybridized carbons (Fsp3) is 0.100. The maximum Gasteiger partial charge on any atom is 0.158 e. The van der Waals surface area contributed by atoms with E-state index in [0.717, 1.165) is 17.9 Å². The van der Waals surface area contributed by atoms with Crippen molar-refractivity contribution in [2.75, 3.05) is 0 Å². The molecule has 0 saturated carbocycles. The van der Waals surface area contributed by atoms with Gasteiger partial charge in [-0.2, -0.15) is 0 Å². The Labute approximate surface area is 140 Å². The lowest BCUT2D eigenvalue weighted by Crippen LogP contribution is -2.80. The van der Waals surface area contributed by atoms with Crippen LogP contribution >= 0.6 is 0 Å². The van der Waals surface area contributed by atoms with E-state index in [1.54, 1.807) is 36.4 Å². The summed E-state index contributed by atoms with van der Waals surface area (Å²) >= 11 is 0. The zero-order valence-corrected chi connectivity index (χ0v) is 13.2. The van der Waals surface area contributed by atoms with Crippen molar-refractivity contribution in [2.45, 2.75) is 13.1 Å². The largest absolute Gasteiger partial charge is 0.872 e. The minimum absolute atomic E-state index is 0.179. The van der Waals surface area contributed by atoms with Gasteiger partial charge in [0, 0.05) is 5.56 Å². The normalized spacial score (nSPS) is 10.7. The van der Waals surface area contributed by atoms with E-state index in [0.29, 0.717) is 23.4 Å². The van der Waals surface area contributed by atoms with Crippen LogP contribution in [0.5, 0.6) is 0 Å². The third-order valence-corrected chi connectivity index (χ3v) is 3.80. The van der Waals surface area contributed by atoms with E-state index >= 15 is 0 Å². The molecule has 1 heterocycles. The molecule has 2 N–H and O–H groups in total. The van der Waals surface area contributed by atoms with E-state index in [4.69, 9.17) is 4.42 Å². The molecule has 1 aromatic heterocycles. The maximum absolute atomic E-state index is 13.8. The number of quaternary nitrogens is 1. The summed E-state index contributed by atoms with van der Waals surface area (Å²) in [5.74, 6) is 0.858. The van der Waals surface area contributed by atoms with E-state index < -0.39 is 0 Å². The van der Waals surface area contributed by atoms with Crippen molar-refractivity contribution in [1.82, 2.24) is 0 Å². The van der Waals surface area contributed by atoms with Gasteiger partial charge in [0.2, 0.25) is 0 Å². The number of halogens is 1. The molecule has 3 nitrogen and oxygen atoms in total. The summed E-state index contributed by atoms with van der Waals surface area (Å²) in [4.78, 5) is 0. The molecule has 0 radical (unpaired) electrons. The Hall–Kier alpha value is -2.85. The van der Waals surface area contributed by atoms with Gasteiger partial charge in [0.25, 0.3) is 0 Å². The smallest absolute Gasteiger partial charge is 0.158 e. The predicted octanol–water partition coefficient (Wildman–Crippen LogP) is 2.68. The topological polar surface area (TPSA) is 52.8 Å². The summed E-state index contributed by atoms with van der Waals surface area (Å²) in [7, 11) is 0. The van der Waals surface area contributed by atoms with Gasteiger partial charge < -0.3 is 14.8 Å². The fourth-order valence-electron chi connectivity index (χ4n) is 2.50. The fourth-order valence-corrected chi connectivity index (χ4v) is 2.50. The van der Waals surface area contributed by atoms with Crippen LogP contribution in [-0.4, -0.2) is 0 Å². The highest BCUT2D eigenvalue weighted by Gasteiger charge is 2.09. The highest BCUT2D eigenvalue weighted by molar-refractivity contribution is 5.58. The monoisotopic (exact) mass is 323 g/mol. The summed E-state index contributed by atoms with van der Waals surface area (Å²) in [6.45, 7) is 4.81. The average molecular weight is 323 g/mol. The van der Waals surface area contributed by atoms with Gasteiger partial charge >= 0.3 is 0 Å². The van der Waals surface area contributed by atoms with Crippen LogP contribution in [0.3, 0.4) is 0 Å². The maximum atomic E-state index is 13.8. The zero-order valence-electron chi connectivity index (χ0n) is 13.2. The van der Waals surface area contributed by atoms with Crippen molar-refractivity contribution in [3.8, 4) is 11.3 Å². The quantitative estimate of drug-likeness (QED) is 0.709. The second-order valence-electron chi connectivity index (χ2n) is 5.56. The van der Waals surface area contributed by atoms with Crippen LogP contribution in [-0.2, 0) is 13.1 Å². The van der Waals surface area contributed by atoms with E-state index in [1.165, 1.54) is 6.07 Å². The van der Waals surface area contributed by atoms with Crippen molar-refractivity contribution in [2.24, 2.45) is 0 Å². The minimum atomic E-state index is -0.289. The van der Waals surface area contributed by atoms with Gasteiger partial charge in [-0.15, -0.1) is 12.3 Å². The van der Waals surface area contributed by atoms with Gasteiger partial charge in [-0.25, -0.2) is 4.39 Å². The van der Waals surface area contributed by atoms with Gasteiger partial charge in [-0.05, 0) is 29.8 Å². The number of furan rings is 1. The van der Waals surface area contributed by atoms with Gasteiger partial charge in [0.1, 0.15) is 24.7 Å². The van der Waals surface area contributed by atoms with Gasteiger partial charge in [0.05, 0.1) is 5.56 Å². The number of hydrogen-bond donors (Lipinski definition) is 1. The van der Waals surface area contributed by atoms with Crippen LogP contribution in [0, 0.1) is 5.82 Å². The van der Waals surface area contributed by atoms with E-state index in [9.17, 15) is 9.50 Å². The van der Waals surface area contributed by atoms with Crippen LogP contribution in [0.25, 0.3) is 17.1 Å². The SMILES string of the molecule is C=C([O-])c1ccc(C[NH2+]Cc2ccc(-c3ccccc3F)o2)cc1. The standard InChI is InChI=1S/C20H18FNO2/c1-14(23)16-8-6-15(7-9-16)12-22-13-17-10-11-20(24-17)18-4-2-3-5-19(18)21/h2-11,22-23H,1,12-13H2. The number of benzene rings is 2. The van der Waals surface area contributed by atoms with Gasteiger partial charge in [0.15, 0.2) is 5.76 Å². The molecule has 0 aliphatic heterocycles. The van der Waals surface area contributed by atoms with Crippen molar-refractivity contribution in [3.05, 3.63) is 89.9 Å². The third kappa shape index (κ3) is 3.73. The van der Waals surface area contributed by atoms with Gasteiger partial charge in [-0.1, -0.05) is 36.4 Å². The molecule has 0 unspecified atom stereocenters. The van der Waals surface area contributed by atoms with E-state index in [2.05, 4.69) is 11.9 Å². The van der Waals surface area contributed by atoms with Crippen molar-refractivity contribution < 1.29 is 19.2 Å². The third-order valence-electron chi connectivity index (χ3n) is 3.80. The second kappa shape index (κ2) is 7.15. The molecule has 3 rings (SSSR count).